The lowest BCUT2D eigenvalue weighted by Gasteiger charge is -2.47. The van der Waals surface area contributed by atoms with Gasteiger partial charge in [0.25, 0.3) is 0 Å². The molecule has 2 atom stereocenters. The van der Waals surface area contributed by atoms with Gasteiger partial charge in [0.15, 0.2) is 11.5 Å². The largest absolute Gasteiger partial charge is 0.493 e. The Balaban J connectivity index is 0.00000533. The molecule has 0 amide bonds. The number of esters is 1. The van der Waals surface area contributed by atoms with Crippen molar-refractivity contribution in [2.45, 2.75) is 63.9 Å². The summed E-state index contributed by atoms with van der Waals surface area (Å²) in [5, 5.41) is 0. The van der Waals surface area contributed by atoms with Gasteiger partial charge in [-0.25, -0.2) is 9.18 Å². The molecule has 8 heteroatoms. The maximum atomic E-state index is 14.0. The monoisotopic (exact) mass is 565 g/mol. The van der Waals surface area contributed by atoms with Gasteiger partial charge in [0.2, 0.25) is 0 Å². The van der Waals surface area contributed by atoms with Crippen LogP contribution in [0.15, 0.2) is 36.4 Å². The first-order chi connectivity index (χ1) is 18.2. The smallest absolute Gasteiger partial charge is 0.332 e. The lowest BCUT2D eigenvalue weighted by atomic mass is 9.65. The molecule has 2 aromatic carbocycles. The topological polar surface area (TPSA) is 57.2 Å². The van der Waals surface area contributed by atoms with E-state index in [9.17, 15) is 9.18 Å². The fourth-order valence-corrected chi connectivity index (χ4v) is 5.90. The van der Waals surface area contributed by atoms with E-state index in [1.165, 1.54) is 18.7 Å². The zero-order valence-electron chi connectivity index (χ0n) is 24.3. The molecule has 0 aromatic heterocycles. The van der Waals surface area contributed by atoms with Crippen LogP contribution in [0, 0.1) is 11.7 Å². The number of ether oxygens (including phenoxy) is 4. The van der Waals surface area contributed by atoms with Crippen molar-refractivity contribution in [1.82, 2.24) is 4.90 Å². The van der Waals surface area contributed by atoms with Crippen molar-refractivity contribution in [3.05, 3.63) is 58.9 Å². The Morgan fingerprint density at radius 2 is 1.79 bits per heavy atom. The number of benzene rings is 2. The van der Waals surface area contributed by atoms with Crippen LogP contribution >= 0.6 is 12.4 Å². The van der Waals surface area contributed by atoms with E-state index in [4.69, 9.17) is 18.9 Å². The minimum Gasteiger partial charge on any atom is -0.493 e. The van der Waals surface area contributed by atoms with Crippen molar-refractivity contribution in [2.75, 3.05) is 48.1 Å². The number of unbranched alkanes of at least 4 members (excludes halogenated alkanes) is 1. The average molecular weight is 566 g/mol. The number of hydrogen-bond acceptors (Lipinski definition) is 6. The lowest BCUT2D eigenvalue weighted by molar-refractivity contribution is -0.172. The highest BCUT2D eigenvalue weighted by atomic mass is 35.5. The second kappa shape index (κ2) is 15.4. The van der Waals surface area contributed by atoms with Crippen LogP contribution in [0.5, 0.6) is 11.5 Å². The van der Waals surface area contributed by atoms with Crippen molar-refractivity contribution < 1.29 is 28.1 Å². The highest BCUT2D eigenvalue weighted by Gasteiger charge is 2.47. The molecule has 0 radical (unpaired) electrons. The van der Waals surface area contributed by atoms with Gasteiger partial charge in [-0.1, -0.05) is 26.0 Å². The van der Waals surface area contributed by atoms with Crippen LogP contribution in [-0.2, 0) is 27.1 Å². The number of halogens is 2. The van der Waals surface area contributed by atoms with Gasteiger partial charge >= 0.3 is 5.97 Å². The Labute approximate surface area is 239 Å². The summed E-state index contributed by atoms with van der Waals surface area (Å²) in [7, 11) is 6.93. The van der Waals surface area contributed by atoms with Crippen LogP contribution in [-0.4, -0.2) is 64.5 Å². The Kier molecular flexibility index (Phi) is 13.0. The summed E-state index contributed by atoms with van der Waals surface area (Å²) < 4.78 is 36.1. The number of fused-ring (bicyclic) bond motifs is 1. The minimum atomic E-state index is -0.650. The Morgan fingerprint density at radius 1 is 1.05 bits per heavy atom. The predicted octanol–water partition coefficient (Wildman–Crippen LogP) is 6.22. The molecule has 0 spiro atoms. The number of nitrogens with zero attached hydrogens (tertiary/aromatic N) is 1. The van der Waals surface area contributed by atoms with Gasteiger partial charge in [-0.05, 0) is 92.6 Å². The normalized spacial score (nSPS) is 18.4. The van der Waals surface area contributed by atoms with Crippen LogP contribution in [0.2, 0.25) is 0 Å². The van der Waals surface area contributed by atoms with Gasteiger partial charge in [0.05, 0.1) is 14.2 Å². The maximum Gasteiger partial charge on any atom is 0.332 e. The third-order valence-corrected chi connectivity index (χ3v) is 7.69. The summed E-state index contributed by atoms with van der Waals surface area (Å²) >= 11 is 0. The molecule has 3 rings (SSSR count). The number of carbonyl (C=O) groups excluding carboxylic acids is 1. The van der Waals surface area contributed by atoms with E-state index >= 15 is 0 Å². The SMILES string of the molecule is COCC(=O)O[C@@]1(CCN(C)CCCCc2ccc(OC)c(OC)c2)CCc2cc(F)ccc2[C@H]1C(C)C.Cl. The van der Waals surface area contributed by atoms with Crippen molar-refractivity contribution in [3.8, 4) is 11.5 Å². The molecular formula is C31H45ClFNO5. The molecule has 0 fully saturated rings. The van der Waals surface area contributed by atoms with E-state index in [2.05, 4.69) is 31.9 Å². The number of rotatable bonds is 14. The maximum absolute atomic E-state index is 14.0. The summed E-state index contributed by atoms with van der Waals surface area (Å²) in [4.78, 5) is 15.0. The molecule has 39 heavy (non-hydrogen) atoms. The molecule has 0 saturated heterocycles. The fourth-order valence-electron chi connectivity index (χ4n) is 5.90. The first-order valence-electron chi connectivity index (χ1n) is 13.6. The molecule has 0 unspecified atom stereocenters. The zero-order valence-corrected chi connectivity index (χ0v) is 25.1. The summed E-state index contributed by atoms with van der Waals surface area (Å²) in [5.41, 5.74) is 2.69. The Morgan fingerprint density at radius 3 is 2.46 bits per heavy atom. The van der Waals surface area contributed by atoms with Crippen LogP contribution < -0.4 is 9.47 Å². The molecule has 218 valence electrons. The first kappa shape index (κ1) is 32.9. The summed E-state index contributed by atoms with van der Waals surface area (Å²) in [6.07, 6.45) is 5.16. The van der Waals surface area contributed by atoms with E-state index in [1.54, 1.807) is 20.3 Å². The molecule has 2 aromatic rings. The highest BCUT2D eigenvalue weighted by Crippen LogP contribution is 2.48. The number of carbonyl (C=O) groups is 1. The highest BCUT2D eigenvalue weighted by molar-refractivity contribution is 5.85. The van der Waals surface area contributed by atoms with E-state index in [1.807, 2.05) is 18.2 Å². The second-order valence-electron chi connectivity index (χ2n) is 10.7. The Bertz CT molecular complexity index is 1070. The van der Waals surface area contributed by atoms with Gasteiger partial charge in [-0.3, -0.25) is 0 Å². The van der Waals surface area contributed by atoms with Crippen molar-refractivity contribution in [3.63, 3.8) is 0 Å². The molecule has 0 N–H and O–H groups in total. The van der Waals surface area contributed by atoms with Crippen LogP contribution in [0.3, 0.4) is 0 Å². The molecule has 0 heterocycles. The molecular weight excluding hydrogens is 521 g/mol. The molecule has 1 aliphatic carbocycles. The quantitative estimate of drug-likeness (QED) is 0.200. The van der Waals surface area contributed by atoms with E-state index in [0.717, 1.165) is 55.0 Å². The summed E-state index contributed by atoms with van der Waals surface area (Å²) in [5.74, 6) is 1.15. The molecule has 1 aliphatic rings. The van der Waals surface area contributed by atoms with Crippen molar-refractivity contribution in [1.29, 1.82) is 0 Å². The first-order valence-corrected chi connectivity index (χ1v) is 13.6. The molecule has 6 nitrogen and oxygen atoms in total. The van der Waals surface area contributed by atoms with Crippen molar-refractivity contribution >= 4 is 18.4 Å². The molecule has 0 aliphatic heterocycles. The second-order valence-corrected chi connectivity index (χ2v) is 10.7. The van der Waals surface area contributed by atoms with Crippen molar-refractivity contribution in [2.24, 2.45) is 5.92 Å². The minimum absolute atomic E-state index is 0. The number of methoxy groups -OCH3 is 3. The van der Waals surface area contributed by atoms with Crippen LogP contribution in [0.4, 0.5) is 4.39 Å². The third-order valence-electron chi connectivity index (χ3n) is 7.69. The average Bonchev–Trinajstić information content (AvgIpc) is 2.89. The standard InChI is InChI=1S/C31H44FNO5.ClH/c1-22(2)30-26-12-11-25(32)20-24(26)14-15-31(30,38-29(34)21-35-4)16-18-33(3)17-8-7-9-23-10-13-27(36-5)28(19-23)37-6;/h10-13,19-20,22,30H,7-9,14-18,21H2,1-6H3;1H/t30-,31-;/m1./s1. The lowest BCUT2D eigenvalue weighted by Crippen LogP contribution is -2.49. The van der Waals surface area contributed by atoms with Gasteiger partial charge in [0.1, 0.15) is 18.0 Å². The van der Waals surface area contributed by atoms with E-state index in [-0.39, 0.29) is 42.6 Å². The van der Waals surface area contributed by atoms with Gasteiger partial charge < -0.3 is 23.8 Å². The Hall–Kier alpha value is -2.35. The predicted molar refractivity (Wildman–Crippen MR) is 155 cm³/mol. The fraction of sp³-hybridized carbons (Fsp3) is 0.581. The van der Waals surface area contributed by atoms with Gasteiger partial charge in [0, 0.05) is 26.0 Å². The van der Waals surface area contributed by atoms with Crippen LogP contribution in [0.25, 0.3) is 0 Å². The molecule has 0 saturated carbocycles. The zero-order chi connectivity index (χ0) is 27.7. The summed E-state index contributed by atoms with van der Waals surface area (Å²) in [6.45, 7) is 5.98. The summed E-state index contributed by atoms with van der Waals surface area (Å²) in [6, 6.07) is 11.1. The van der Waals surface area contributed by atoms with E-state index in [0.29, 0.717) is 19.3 Å². The van der Waals surface area contributed by atoms with E-state index < -0.39 is 5.60 Å². The number of hydrogen-bond donors (Lipinski definition) is 0. The molecule has 0 bridgehead atoms. The van der Waals surface area contributed by atoms with Crippen LogP contribution in [0.1, 0.15) is 62.1 Å². The number of aryl methyl sites for hydroxylation is 2. The van der Waals surface area contributed by atoms with Gasteiger partial charge in [-0.15, -0.1) is 12.4 Å². The third kappa shape index (κ3) is 8.57. The van der Waals surface area contributed by atoms with Gasteiger partial charge in [-0.2, -0.15) is 0 Å².